The quantitative estimate of drug-likeness (QED) is 0.160. The van der Waals surface area contributed by atoms with Gasteiger partial charge in [-0.25, -0.2) is 13.3 Å². The van der Waals surface area contributed by atoms with Crippen LogP contribution in [0.1, 0.15) is 5.56 Å². The first-order valence-electron chi connectivity index (χ1n) is 6.58. The van der Waals surface area contributed by atoms with Crippen molar-refractivity contribution in [1.29, 1.82) is 0 Å². The fourth-order valence-electron chi connectivity index (χ4n) is 1.76. The molecule has 0 radical (unpaired) electrons. The zero-order valence-corrected chi connectivity index (χ0v) is 14.5. The zero-order valence-electron chi connectivity index (χ0n) is 13.7. The van der Waals surface area contributed by atoms with Gasteiger partial charge in [-0.05, 0) is 0 Å². The summed E-state index contributed by atoms with van der Waals surface area (Å²) in [6.45, 7) is 0. The molecule has 10 nitrogen and oxygen atoms in total. The van der Waals surface area contributed by atoms with E-state index in [4.69, 9.17) is 13.0 Å². The van der Waals surface area contributed by atoms with Crippen LogP contribution in [0.25, 0.3) is 11.0 Å². The van der Waals surface area contributed by atoms with Crippen molar-refractivity contribution >= 4 is 26.8 Å². The van der Waals surface area contributed by atoms with Gasteiger partial charge in [0.05, 0.1) is 15.3 Å². The Morgan fingerprint density at radius 3 is 1.90 bits per heavy atom. The van der Waals surface area contributed by atoms with E-state index in [1.54, 1.807) is 0 Å². The molecule has 0 bridgehead atoms. The van der Waals surface area contributed by atoms with Gasteiger partial charge >= 0.3 is 23.7 Å². The number of nitro groups is 1. The maximum absolute atomic E-state index is 12.7. The molecule has 0 unspecified atom stereocenters. The molecule has 0 aliphatic carbocycles. The maximum atomic E-state index is 12.7. The van der Waals surface area contributed by atoms with E-state index in [1.807, 2.05) is 0 Å². The molecule has 20 heteroatoms. The third kappa shape index (κ3) is 6.05. The smallest absolute Gasteiger partial charge is 0.610 e. The normalized spacial score (nSPS) is 13.0. The van der Waals surface area contributed by atoms with Crippen LogP contribution in [0.2, 0.25) is 0 Å². The van der Waals surface area contributed by atoms with Gasteiger partial charge < -0.3 is 4.55 Å². The van der Waals surface area contributed by atoms with E-state index in [0.29, 0.717) is 4.68 Å². The average molecular weight is 480 g/mol. The highest BCUT2D eigenvalue weighted by molar-refractivity contribution is 7.86. The number of rotatable bonds is 2. The van der Waals surface area contributed by atoms with Crippen LogP contribution >= 0.6 is 0 Å². The monoisotopic (exact) mass is 480 g/mol. The van der Waals surface area contributed by atoms with Crippen LogP contribution in [0.4, 0.5) is 45.2 Å². The van der Waals surface area contributed by atoms with Crippen LogP contribution in [0, 0.1) is 10.1 Å². The second kappa shape index (κ2) is 7.74. The van der Waals surface area contributed by atoms with Gasteiger partial charge in [0.2, 0.25) is 0 Å². The third-order valence-corrected chi connectivity index (χ3v) is 3.38. The number of alkyl halides is 9. The van der Waals surface area contributed by atoms with Gasteiger partial charge in [-0.3, -0.25) is 10.1 Å². The largest absolute Gasteiger partial charge is 0.741 e. The van der Waals surface area contributed by atoms with E-state index in [1.165, 1.54) is 0 Å². The van der Waals surface area contributed by atoms with Crippen molar-refractivity contribution in [1.82, 2.24) is 10.1 Å². The Bertz CT molecular complexity index is 1060. The fourth-order valence-corrected chi connectivity index (χ4v) is 1.76. The lowest BCUT2D eigenvalue weighted by atomic mass is 10.1. The topological polar surface area (TPSA) is 131 Å². The molecular formula is C10H5F9N4O6S. The van der Waals surface area contributed by atoms with Crippen molar-refractivity contribution in [3.8, 4) is 0 Å². The summed E-state index contributed by atoms with van der Waals surface area (Å²) >= 11 is 0. The van der Waals surface area contributed by atoms with Gasteiger partial charge in [0.15, 0.2) is 10.1 Å². The highest BCUT2D eigenvalue weighted by atomic mass is 32.2. The van der Waals surface area contributed by atoms with Gasteiger partial charge in [0.25, 0.3) is 11.0 Å². The summed E-state index contributed by atoms with van der Waals surface area (Å²) in [5.74, 6) is 0. The molecule has 0 aliphatic rings. The van der Waals surface area contributed by atoms with Crippen molar-refractivity contribution in [2.45, 2.75) is 18.0 Å². The summed E-state index contributed by atoms with van der Waals surface area (Å²) in [5.41, 5.74) is -9.60. The lowest BCUT2D eigenvalue weighted by molar-refractivity contribution is -0.713. The second-order valence-corrected chi connectivity index (χ2v) is 6.31. The van der Waals surface area contributed by atoms with E-state index in [2.05, 4.69) is 10.1 Å². The predicted molar refractivity (Wildman–Crippen MR) is 71.0 cm³/mol. The molecule has 0 amide bonds. The second-order valence-electron chi connectivity index (χ2n) is 4.94. The lowest BCUT2D eigenvalue weighted by Gasteiger charge is -2.08. The van der Waals surface area contributed by atoms with E-state index >= 15 is 0 Å². The van der Waals surface area contributed by atoms with Crippen molar-refractivity contribution < 1.29 is 66.9 Å². The Morgan fingerprint density at radius 1 is 1.10 bits per heavy atom. The van der Waals surface area contributed by atoms with Crippen molar-refractivity contribution in [3.05, 3.63) is 27.8 Å². The van der Waals surface area contributed by atoms with Gasteiger partial charge in [0.1, 0.15) is 12.3 Å². The number of benzene rings is 1. The minimum Gasteiger partial charge on any atom is -0.741 e. The highest BCUT2D eigenvalue weighted by Crippen LogP contribution is 2.35. The Morgan fingerprint density at radius 2 is 1.57 bits per heavy atom. The number of nitrogens with zero attached hydrogens (tertiary/aromatic N) is 4. The first-order valence-corrected chi connectivity index (χ1v) is 7.99. The third-order valence-electron chi connectivity index (χ3n) is 2.81. The summed E-state index contributed by atoms with van der Waals surface area (Å²) in [4.78, 5) is 12.9. The molecule has 2 aromatic rings. The van der Waals surface area contributed by atoms with Gasteiger partial charge in [-0.15, -0.1) is 17.9 Å². The number of hydrogen-bond donors (Lipinski definition) is 0. The lowest BCUT2D eigenvalue weighted by Crippen LogP contribution is -2.35. The van der Waals surface area contributed by atoms with E-state index in [0.717, 1.165) is 7.05 Å². The molecule has 170 valence electrons. The van der Waals surface area contributed by atoms with Crippen LogP contribution in [0.15, 0.2) is 12.1 Å². The SMILES string of the molecule is C[n+]1nn(OC(F)(F)F)c2cc(C(F)(F)F)cc([N+](=O)[O-])c21.O=S(=O)([O-])C(F)(F)F. The predicted octanol–water partition coefficient (Wildman–Crippen LogP) is 1.79. The van der Waals surface area contributed by atoms with Crippen LogP contribution in [-0.2, 0) is 23.3 Å². The molecule has 0 atom stereocenters. The Balaban J connectivity index is 0.000000479. The summed E-state index contributed by atoms with van der Waals surface area (Å²) in [7, 11) is -5.06. The molecule has 2 rings (SSSR count). The molecule has 30 heavy (non-hydrogen) atoms. The minimum atomic E-state index is -6.09. The van der Waals surface area contributed by atoms with Crippen molar-refractivity contribution in [3.63, 3.8) is 0 Å². The van der Waals surface area contributed by atoms with Crippen LogP contribution in [-0.4, -0.2) is 39.8 Å². The maximum Gasteiger partial charge on any atom is 0.610 e. The van der Waals surface area contributed by atoms with Crippen LogP contribution < -0.4 is 9.52 Å². The molecule has 0 spiro atoms. The summed E-state index contributed by atoms with van der Waals surface area (Å²) < 4.78 is 134. The minimum absolute atomic E-state index is 0.210. The summed E-state index contributed by atoms with van der Waals surface area (Å²) in [6, 6.07) is 0.489. The number of aromatic nitrogens is 3. The Hall–Kier alpha value is -2.90. The molecule has 0 fully saturated rings. The number of halogens is 9. The molecule has 0 aliphatic heterocycles. The van der Waals surface area contributed by atoms with E-state index in [9.17, 15) is 49.6 Å². The Kier molecular flexibility index (Phi) is 6.48. The number of fused-ring (bicyclic) bond motifs is 1. The van der Waals surface area contributed by atoms with Gasteiger partial charge in [0, 0.05) is 12.1 Å². The summed E-state index contributed by atoms with van der Waals surface area (Å²) in [6.07, 6.45) is -10.2. The molecule has 1 aromatic carbocycles. The van der Waals surface area contributed by atoms with Crippen molar-refractivity contribution in [2.24, 2.45) is 7.05 Å². The number of non-ortho nitro benzene ring substituents is 1. The zero-order chi connectivity index (χ0) is 23.9. The van der Waals surface area contributed by atoms with Crippen LogP contribution in [0.5, 0.6) is 0 Å². The van der Waals surface area contributed by atoms with Gasteiger partial charge in [-0.1, -0.05) is 0 Å². The molecule has 1 aromatic heterocycles. The summed E-state index contributed by atoms with van der Waals surface area (Å²) in [5, 5.41) is 14.0. The van der Waals surface area contributed by atoms with Crippen molar-refractivity contribution in [2.75, 3.05) is 0 Å². The average Bonchev–Trinajstić information content (AvgIpc) is 2.78. The first kappa shape index (κ1) is 25.1. The number of hydrogen-bond acceptors (Lipinski definition) is 7. The fraction of sp³-hybridized carbons (Fsp3) is 0.400. The van der Waals surface area contributed by atoms with Crippen LogP contribution in [0.3, 0.4) is 0 Å². The highest BCUT2D eigenvalue weighted by Gasteiger charge is 2.42. The Labute approximate surface area is 157 Å². The molecular weight excluding hydrogens is 475 g/mol. The standard InChI is InChI=1S/C9H5F6N4O3.CHF3O3S/c1-17-7-5(18(16-17)22-9(13,14)15)2-4(8(10,11)12)3-6(7)19(20)21;2-1(3,4)8(5,6)7/h2-3H,1H3;(H,5,6,7)/q+1;/p-1. The molecule has 1 heterocycles. The molecule has 0 saturated carbocycles. The number of aryl methyl sites for hydroxylation is 1. The first-order chi connectivity index (χ1) is 13.1. The number of nitro benzene ring substituents is 1. The van der Waals surface area contributed by atoms with Gasteiger partial charge in [-0.2, -0.15) is 26.3 Å². The molecule has 0 N–H and O–H groups in total. The van der Waals surface area contributed by atoms with E-state index in [-0.39, 0.29) is 17.0 Å². The molecule has 0 saturated heterocycles. The van der Waals surface area contributed by atoms with E-state index < -0.39 is 55.4 Å².